The van der Waals surface area contributed by atoms with Crippen molar-refractivity contribution in [2.45, 2.75) is 32.4 Å². The smallest absolute Gasteiger partial charge is 0.290 e. The average molecular weight is 399 g/mol. The van der Waals surface area contributed by atoms with Crippen LogP contribution in [0.5, 0.6) is 5.75 Å². The van der Waals surface area contributed by atoms with Gasteiger partial charge in [0.25, 0.3) is 5.91 Å². The Morgan fingerprint density at radius 2 is 2.00 bits per heavy atom. The highest BCUT2D eigenvalue weighted by molar-refractivity contribution is 6.15. The molecule has 1 aromatic carbocycles. The van der Waals surface area contributed by atoms with Crippen molar-refractivity contribution < 1.29 is 28.6 Å². The summed E-state index contributed by atoms with van der Waals surface area (Å²) in [5, 5.41) is 10.6. The maximum Gasteiger partial charge on any atom is 0.290 e. The second kappa shape index (κ2) is 8.96. The minimum Gasteiger partial charge on any atom is -0.503 e. The van der Waals surface area contributed by atoms with Crippen LogP contribution in [-0.2, 0) is 9.53 Å². The van der Waals surface area contributed by atoms with Crippen molar-refractivity contribution in [1.82, 2.24) is 4.90 Å². The van der Waals surface area contributed by atoms with Crippen LogP contribution in [0.1, 0.15) is 42.4 Å². The van der Waals surface area contributed by atoms with Crippen molar-refractivity contribution in [3.05, 3.63) is 65.3 Å². The Kier molecular flexibility index (Phi) is 6.39. The van der Waals surface area contributed by atoms with Gasteiger partial charge in [-0.1, -0.05) is 18.2 Å². The number of rotatable bonds is 9. The number of hydrogen-bond donors (Lipinski definition) is 1. The van der Waals surface area contributed by atoms with Crippen molar-refractivity contribution in [2.75, 3.05) is 20.3 Å². The van der Waals surface area contributed by atoms with E-state index in [9.17, 15) is 14.7 Å². The van der Waals surface area contributed by atoms with Crippen LogP contribution < -0.4 is 4.74 Å². The van der Waals surface area contributed by atoms with Gasteiger partial charge in [0, 0.05) is 25.8 Å². The van der Waals surface area contributed by atoms with Gasteiger partial charge < -0.3 is 23.9 Å². The highest BCUT2D eigenvalue weighted by Crippen LogP contribution is 2.42. The van der Waals surface area contributed by atoms with E-state index in [0.717, 1.165) is 0 Å². The summed E-state index contributed by atoms with van der Waals surface area (Å²) in [6, 6.07) is 9.53. The van der Waals surface area contributed by atoms with Gasteiger partial charge in [-0.15, -0.1) is 0 Å². The molecule has 0 saturated heterocycles. The molecule has 0 fully saturated rings. The van der Waals surface area contributed by atoms with Gasteiger partial charge in [0.2, 0.25) is 5.78 Å². The second-order valence-corrected chi connectivity index (χ2v) is 7.02. The first-order valence-corrected chi connectivity index (χ1v) is 9.52. The summed E-state index contributed by atoms with van der Waals surface area (Å²) < 4.78 is 16.2. The molecule has 1 aliphatic heterocycles. The normalized spacial score (nSPS) is 16.8. The van der Waals surface area contributed by atoms with E-state index >= 15 is 0 Å². The molecule has 0 bridgehead atoms. The average Bonchev–Trinajstić information content (AvgIpc) is 3.31. The number of para-hydroxylation sites is 1. The molecule has 1 unspecified atom stereocenters. The fourth-order valence-electron chi connectivity index (χ4n) is 3.43. The number of hydrogen-bond acceptors (Lipinski definition) is 6. The second-order valence-electron chi connectivity index (χ2n) is 7.02. The van der Waals surface area contributed by atoms with Crippen LogP contribution in [0.4, 0.5) is 0 Å². The van der Waals surface area contributed by atoms with Crippen LogP contribution in [0.3, 0.4) is 0 Å². The highest BCUT2D eigenvalue weighted by atomic mass is 16.5. The quantitative estimate of drug-likeness (QED) is 0.511. The number of amides is 1. The largest absolute Gasteiger partial charge is 0.503 e. The Morgan fingerprint density at radius 3 is 2.66 bits per heavy atom. The first kappa shape index (κ1) is 20.7. The third-order valence-electron chi connectivity index (χ3n) is 4.62. The Morgan fingerprint density at radius 1 is 1.24 bits per heavy atom. The number of carbonyl (C=O) groups is 2. The summed E-state index contributed by atoms with van der Waals surface area (Å²) in [6.07, 6.45) is 1.83. The minimum atomic E-state index is -0.785. The fraction of sp³-hybridized carbons (Fsp3) is 0.364. The molecule has 2 aromatic rings. The van der Waals surface area contributed by atoms with Gasteiger partial charge in [-0.05, 0) is 38.5 Å². The lowest BCUT2D eigenvalue weighted by Crippen LogP contribution is -2.33. The number of nitrogens with zero attached hydrogens (tertiary/aromatic N) is 1. The maximum absolute atomic E-state index is 13.1. The number of methoxy groups -OCH3 is 1. The first-order valence-electron chi connectivity index (χ1n) is 9.52. The van der Waals surface area contributed by atoms with E-state index in [1.807, 2.05) is 26.0 Å². The summed E-state index contributed by atoms with van der Waals surface area (Å²) in [4.78, 5) is 27.4. The molecule has 3 rings (SSSR count). The number of carbonyl (C=O) groups excluding carboxylic acids is 2. The molecule has 1 amide bonds. The van der Waals surface area contributed by atoms with E-state index in [1.54, 1.807) is 25.3 Å². The SMILES string of the molecule is COCCCN1C(=O)C(O)=C(C(=O)c2ccco2)C1c1ccccc1OC(C)C. The zero-order chi connectivity index (χ0) is 21.0. The molecule has 2 heterocycles. The van der Waals surface area contributed by atoms with Crippen molar-refractivity contribution in [1.29, 1.82) is 0 Å². The lowest BCUT2D eigenvalue weighted by molar-refractivity contribution is -0.129. The van der Waals surface area contributed by atoms with Gasteiger partial charge in [0.1, 0.15) is 5.75 Å². The number of ether oxygens (including phenoxy) is 2. The van der Waals surface area contributed by atoms with E-state index in [0.29, 0.717) is 30.9 Å². The van der Waals surface area contributed by atoms with E-state index in [2.05, 4.69) is 0 Å². The van der Waals surface area contributed by atoms with Crippen molar-refractivity contribution in [3.63, 3.8) is 0 Å². The molecule has 1 aliphatic rings. The third kappa shape index (κ3) is 4.19. The summed E-state index contributed by atoms with van der Waals surface area (Å²) in [5.41, 5.74) is 0.619. The molecule has 0 saturated carbocycles. The molecule has 0 aliphatic carbocycles. The molecule has 154 valence electrons. The molecule has 0 radical (unpaired) electrons. The van der Waals surface area contributed by atoms with Crippen molar-refractivity contribution >= 4 is 11.7 Å². The Bertz CT molecular complexity index is 900. The number of aliphatic hydroxyl groups excluding tert-OH is 1. The molecule has 29 heavy (non-hydrogen) atoms. The van der Waals surface area contributed by atoms with Crippen LogP contribution in [0.2, 0.25) is 0 Å². The number of ketones is 1. The first-order chi connectivity index (χ1) is 14.0. The van der Waals surface area contributed by atoms with E-state index in [-0.39, 0.29) is 17.4 Å². The van der Waals surface area contributed by atoms with Crippen molar-refractivity contribution in [3.8, 4) is 5.75 Å². The van der Waals surface area contributed by atoms with E-state index in [1.165, 1.54) is 17.2 Å². The minimum absolute atomic E-state index is 0.0119. The van der Waals surface area contributed by atoms with Crippen molar-refractivity contribution in [2.24, 2.45) is 0 Å². The molecule has 1 atom stereocenters. The van der Waals surface area contributed by atoms with Gasteiger partial charge in [-0.2, -0.15) is 0 Å². The predicted octanol–water partition coefficient (Wildman–Crippen LogP) is 3.68. The van der Waals surface area contributed by atoms with Crippen LogP contribution in [0.25, 0.3) is 0 Å². The van der Waals surface area contributed by atoms with Crippen LogP contribution in [0.15, 0.2) is 58.4 Å². The van der Waals surface area contributed by atoms with Gasteiger partial charge in [-0.3, -0.25) is 9.59 Å². The van der Waals surface area contributed by atoms with Crippen LogP contribution in [-0.4, -0.2) is 48.1 Å². The molecule has 1 aromatic heterocycles. The zero-order valence-electron chi connectivity index (χ0n) is 16.8. The standard InChI is InChI=1S/C22H25NO6/c1-14(2)29-16-9-5-4-8-15(16)19-18(20(24)17-10-6-13-28-17)21(25)22(26)23(19)11-7-12-27-3/h4-6,8-10,13-14,19,25H,7,11-12H2,1-3H3. The fourth-order valence-corrected chi connectivity index (χ4v) is 3.43. The summed E-state index contributed by atoms with van der Waals surface area (Å²) >= 11 is 0. The maximum atomic E-state index is 13.1. The molecule has 0 spiro atoms. The number of furan rings is 1. The molecule has 7 heteroatoms. The Labute approximate surface area is 169 Å². The van der Waals surface area contributed by atoms with Gasteiger partial charge in [-0.25, -0.2) is 0 Å². The highest BCUT2D eigenvalue weighted by Gasteiger charge is 2.45. The molecule has 7 nitrogen and oxygen atoms in total. The summed E-state index contributed by atoms with van der Waals surface area (Å²) in [5.74, 6) is -1.07. The van der Waals surface area contributed by atoms with Crippen LogP contribution >= 0.6 is 0 Å². The molecular formula is C22H25NO6. The Balaban J connectivity index is 2.08. The summed E-state index contributed by atoms with van der Waals surface area (Å²) in [6.45, 7) is 4.56. The lowest BCUT2D eigenvalue weighted by Gasteiger charge is -2.28. The third-order valence-corrected chi connectivity index (χ3v) is 4.62. The number of aliphatic hydroxyl groups is 1. The lowest BCUT2D eigenvalue weighted by atomic mass is 9.94. The number of benzene rings is 1. The summed E-state index contributed by atoms with van der Waals surface area (Å²) in [7, 11) is 1.58. The van der Waals surface area contributed by atoms with E-state index in [4.69, 9.17) is 13.9 Å². The van der Waals surface area contributed by atoms with Gasteiger partial charge in [0.15, 0.2) is 11.5 Å². The van der Waals surface area contributed by atoms with E-state index < -0.39 is 23.5 Å². The predicted molar refractivity (Wildman–Crippen MR) is 106 cm³/mol. The zero-order valence-corrected chi connectivity index (χ0v) is 16.8. The topological polar surface area (TPSA) is 89.2 Å². The Hall–Kier alpha value is -3.06. The van der Waals surface area contributed by atoms with Gasteiger partial charge >= 0.3 is 0 Å². The number of Topliss-reactive ketones (excluding diaryl/α,β-unsaturated/α-hetero) is 1. The molecular weight excluding hydrogens is 374 g/mol. The van der Waals surface area contributed by atoms with Gasteiger partial charge in [0.05, 0.1) is 24.0 Å². The van der Waals surface area contributed by atoms with Crippen LogP contribution in [0, 0.1) is 0 Å². The monoisotopic (exact) mass is 399 g/mol. The molecule has 1 N–H and O–H groups in total.